The first-order valence-corrected chi connectivity index (χ1v) is 6.84. The standard InChI is InChI=1S/C15H16F2N4O/c1-3-9(2)20-14(22)10-7-18-15(19-8-10)21-13-5-4-11(16)6-12(13)17/h4-9H,3H2,1-2H3,(H,20,22)(H,18,19,21). The van der Waals surface area contributed by atoms with Gasteiger partial charge in [0.2, 0.25) is 5.95 Å². The maximum atomic E-state index is 13.5. The van der Waals surface area contributed by atoms with Crippen molar-refractivity contribution < 1.29 is 13.6 Å². The third-order valence-electron chi connectivity index (χ3n) is 3.08. The first-order chi connectivity index (χ1) is 10.5. The molecule has 1 aromatic carbocycles. The van der Waals surface area contributed by atoms with Crippen LogP contribution >= 0.6 is 0 Å². The summed E-state index contributed by atoms with van der Waals surface area (Å²) in [6.07, 6.45) is 3.50. The lowest BCUT2D eigenvalue weighted by atomic mass is 10.2. The van der Waals surface area contributed by atoms with Gasteiger partial charge in [-0.1, -0.05) is 6.92 Å². The molecule has 1 atom stereocenters. The first-order valence-electron chi connectivity index (χ1n) is 6.84. The van der Waals surface area contributed by atoms with Gasteiger partial charge in [0, 0.05) is 24.5 Å². The molecule has 1 aromatic heterocycles. The van der Waals surface area contributed by atoms with Crippen molar-refractivity contribution in [2.75, 3.05) is 5.32 Å². The smallest absolute Gasteiger partial charge is 0.254 e. The topological polar surface area (TPSA) is 66.9 Å². The zero-order valence-electron chi connectivity index (χ0n) is 12.2. The number of nitrogens with one attached hydrogen (secondary N) is 2. The highest BCUT2D eigenvalue weighted by molar-refractivity contribution is 5.93. The predicted molar refractivity (Wildman–Crippen MR) is 78.9 cm³/mol. The number of benzene rings is 1. The Morgan fingerprint density at radius 1 is 1.27 bits per heavy atom. The maximum Gasteiger partial charge on any atom is 0.254 e. The van der Waals surface area contributed by atoms with Gasteiger partial charge in [-0.15, -0.1) is 0 Å². The molecule has 1 unspecified atom stereocenters. The molecule has 2 aromatic rings. The lowest BCUT2D eigenvalue weighted by molar-refractivity contribution is 0.0938. The number of nitrogens with zero attached hydrogens (tertiary/aromatic N) is 2. The molecule has 0 aliphatic rings. The summed E-state index contributed by atoms with van der Waals surface area (Å²) in [5, 5.41) is 5.41. The molecule has 2 N–H and O–H groups in total. The number of carbonyl (C=O) groups is 1. The van der Waals surface area contributed by atoms with Crippen LogP contribution in [0.3, 0.4) is 0 Å². The van der Waals surface area contributed by atoms with E-state index in [1.165, 1.54) is 18.5 Å². The molecule has 0 saturated heterocycles. The van der Waals surface area contributed by atoms with Gasteiger partial charge in [-0.25, -0.2) is 18.7 Å². The van der Waals surface area contributed by atoms with Crippen molar-refractivity contribution in [3.05, 3.63) is 47.8 Å². The lowest BCUT2D eigenvalue weighted by Crippen LogP contribution is -2.32. The van der Waals surface area contributed by atoms with Gasteiger partial charge in [-0.2, -0.15) is 0 Å². The molecule has 0 spiro atoms. The van der Waals surface area contributed by atoms with Gasteiger partial charge in [0.25, 0.3) is 5.91 Å². The molecule has 0 bridgehead atoms. The maximum absolute atomic E-state index is 13.5. The molecule has 0 aliphatic carbocycles. The zero-order valence-corrected chi connectivity index (χ0v) is 12.2. The summed E-state index contributed by atoms with van der Waals surface area (Å²) in [4.78, 5) is 19.8. The van der Waals surface area contributed by atoms with E-state index in [4.69, 9.17) is 0 Å². The average molecular weight is 306 g/mol. The second-order valence-electron chi connectivity index (χ2n) is 4.83. The molecule has 2 rings (SSSR count). The molecule has 1 heterocycles. The molecule has 22 heavy (non-hydrogen) atoms. The number of aromatic nitrogens is 2. The number of anilines is 2. The van der Waals surface area contributed by atoms with E-state index in [1.807, 2.05) is 13.8 Å². The summed E-state index contributed by atoms with van der Waals surface area (Å²) in [5.74, 6) is -1.57. The van der Waals surface area contributed by atoms with Crippen molar-refractivity contribution in [3.63, 3.8) is 0 Å². The minimum absolute atomic E-state index is 0.0539. The summed E-state index contributed by atoms with van der Waals surface area (Å²) >= 11 is 0. The minimum atomic E-state index is -0.748. The molecular weight excluding hydrogens is 290 g/mol. The number of carbonyl (C=O) groups excluding carboxylic acids is 1. The van der Waals surface area contributed by atoms with Crippen LogP contribution in [0.15, 0.2) is 30.6 Å². The Bertz CT molecular complexity index is 661. The van der Waals surface area contributed by atoms with Crippen molar-refractivity contribution >= 4 is 17.5 Å². The van der Waals surface area contributed by atoms with E-state index in [0.29, 0.717) is 5.56 Å². The average Bonchev–Trinajstić information content (AvgIpc) is 2.50. The molecule has 116 valence electrons. The van der Waals surface area contributed by atoms with Crippen LogP contribution in [-0.2, 0) is 0 Å². The fraction of sp³-hybridized carbons (Fsp3) is 0.267. The van der Waals surface area contributed by atoms with Crippen molar-refractivity contribution in [3.8, 4) is 0 Å². The van der Waals surface area contributed by atoms with Gasteiger partial charge in [-0.3, -0.25) is 4.79 Å². The summed E-state index contributed by atoms with van der Waals surface area (Å²) in [6.45, 7) is 3.86. The van der Waals surface area contributed by atoms with Gasteiger partial charge >= 0.3 is 0 Å². The normalized spacial score (nSPS) is 11.8. The molecular formula is C15H16F2N4O. The van der Waals surface area contributed by atoms with Crippen LogP contribution in [0.5, 0.6) is 0 Å². The number of halogens is 2. The van der Waals surface area contributed by atoms with Gasteiger partial charge in [-0.05, 0) is 25.5 Å². The van der Waals surface area contributed by atoms with Crippen LogP contribution in [0.1, 0.15) is 30.6 Å². The number of hydrogen-bond donors (Lipinski definition) is 2. The zero-order chi connectivity index (χ0) is 16.1. The van der Waals surface area contributed by atoms with E-state index in [0.717, 1.165) is 18.6 Å². The monoisotopic (exact) mass is 306 g/mol. The van der Waals surface area contributed by atoms with Crippen LogP contribution in [0.4, 0.5) is 20.4 Å². The van der Waals surface area contributed by atoms with Gasteiger partial charge in [0.1, 0.15) is 11.6 Å². The quantitative estimate of drug-likeness (QED) is 0.891. The molecule has 5 nitrogen and oxygen atoms in total. The molecule has 0 radical (unpaired) electrons. The van der Waals surface area contributed by atoms with Gasteiger partial charge < -0.3 is 10.6 Å². The molecule has 0 saturated carbocycles. The number of hydrogen-bond acceptors (Lipinski definition) is 4. The Morgan fingerprint density at radius 3 is 2.55 bits per heavy atom. The Balaban J connectivity index is 2.07. The Labute approximate surface area is 126 Å². The summed E-state index contributed by atoms with van der Waals surface area (Å²) < 4.78 is 26.3. The summed E-state index contributed by atoms with van der Waals surface area (Å²) in [6, 6.07) is 3.19. The second kappa shape index (κ2) is 6.93. The van der Waals surface area contributed by atoms with Crippen LogP contribution in [0.2, 0.25) is 0 Å². The van der Waals surface area contributed by atoms with E-state index in [2.05, 4.69) is 20.6 Å². The largest absolute Gasteiger partial charge is 0.350 e. The SMILES string of the molecule is CCC(C)NC(=O)c1cnc(Nc2ccc(F)cc2F)nc1. The molecule has 0 aliphatic heterocycles. The van der Waals surface area contributed by atoms with E-state index in [-0.39, 0.29) is 23.6 Å². The van der Waals surface area contributed by atoms with Gasteiger partial charge in [0.15, 0.2) is 0 Å². The number of amides is 1. The molecule has 1 amide bonds. The van der Waals surface area contributed by atoms with E-state index >= 15 is 0 Å². The fourth-order valence-corrected chi connectivity index (χ4v) is 1.63. The fourth-order valence-electron chi connectivity index (χ4n) is 1.63. The minimum Gasteiger partial charge on any atom is -0.350 e. The number of rotatable bonds is 5. The van der Waals surface area contributed by atoms with Crippen LogP contribution in [0.25, 0.3) is 0 Å². The summed E-state index contributed by atoms with van der Waals surface area (Å²) in [5.41, 5.74) is 0.364. The van der Waals surface area contributed by atoms with Crippen molar-refractivity contribution in [1.82, 2.24) is 15.3 Å². The third kappa shape index (κ3) is 3.97. The molecule has 0 fully saturated rings. The first kappa shape index (κ1) is 15.8. The lowest BCUT2D eigenvalue weighted by Gasteiger charge is -2.11. The Hall–Kier alpha value is -2.57. The van der Waals surface area contributed by atoms with Crippen LogP contribution in [-0.4, -0.2) is 21.9 Å². The van der Waals surface area contributed by atoms with Crippen LogP contribution in [0, 0.1) is 11.6 Å². The van der Waals surface area contributed by atoms with Crippen LogP contribution < -0.4 is 10.6 Å². The second-order valence-corrected chi connectivity index (χ2v) is 4.83. The predicted octanol–water partition coefficient (Wildman–Crippen LogP) is 3.03. The third-order valence-corrected chi connectivity index (χ3v) is 3.08. The Kier molecular flexibility index (Phi) is 4.98. The summed E-state index contributed by atoms with van der Waals surface area (Å²) in [7, 11) is 0. The Morgan fingerprint density at radius 2 is 1.95 bits per heavy atom. The van der Waals surface area contributed by atoms with E-state index in [1.54, 1.807) is 0 Å². The van der Waals surface area contributed by atoms with Crippen molar-refractivity contribution in [2.24, 2.45) is 0 Å². The van der Waals surface area contributed by atoms with E-state index < -0.39 is 11.6 Å². The highest BCUT2D eigenvalue weighted by atomic mass is 19.1. The molecule has 7 heteroatoms. The highest BCUT2D eigenvalue weighted by Crippen LogP contribution is 2.18. The van der Waals surface area contributed by atoms with Crippen molar-refractivity contribution in [2.45, 2.75) is 26.3 Å². The highest BCUT2D eigenvalue weighted by Gasteiger charge is 2.10. The van der Waals surface area contributed by atoms with E-state index in [9.17, 15) is 13.6 Å². The van der Waals surface area contributed by atoms with Crippen molar-refractivity contribution in [1.29, 1.82) is 0 Å². The van der Waals surface area contributed by atoms with Gasteiger partial charge in [0.05, 0.1) is 11.3 Å².